The average molecular weight is 276 g/mol. The summed E-state index contributed by atoms with van der Waals surface area (Å²) in [5, 5.41) is 3.93. The molecule has 10 heteroatoms. The summed E-state index contributed by atoms with van der Waals surface area (Å²) in [5.41, 5.74) is 0. The molecule has 0 bridgehead atoms. The largest absolute Gasteiger partial charge is 0.285 e. The molecule has 0 aliphatic rings. The van der Waals surface area contributed by atoms with Gasteiger partial charge in [-0.3, -0.25) is 4.55 Å². The standard InChI is InChI=1S/C7H9N5O3S2/c1-11-7(8-5-9-11)6-4-12(10-16-6)2-3-17(13,14)15/h4-5H,2-3H2,1H3/p+1. The van der Waals surface area contributed by atoms with Crippen molar-refractivity contribution in [3.05, 3.63) is 12.5 Å². The molecule has 2 rings (SSSR count). The summed E-state index contributed by atoms with van der Waals surface area (Å²) in [5.74, 6) is 0.299. The summed E-state index contributed by atoms with van der Waals surface area (Å²) in [4.78, 5) is 4.83. The van der Waals surface area contributed by atoms with Crippen LogP contribution in [0.25, 0.3) is 10.7 Å². The average Bonchev–Trinajstić information content (AvgIpc) is 2.81. The second kappa shape index (κ2) is 4.47. The molecule has 2 aromatic rings. The molecule has 0 fully saturated rings. The van der Waals surface area contributed by atoms with Crippen LogP contribution in [0.5, 0.6) is 0 Å². The first kappa shape index (κ1) is 12.1. The molecular formula is C7H10N5O3S2+. The first-order valence-electron chi connectivity index (χ1n) is 4.62. The monoisotopic (exact) mass is 276 g/mol. The van der Waals surface area contributed by atoms with Crippen LogP contribution in [0.4, 0.5) is 0 Å². The van der Waals surface area contributed by atoms with Gasteiger partial charge in [0.25, 0.3) is 10.1 Å². The summed E-state index contributed by atoms with van der Waals surface area (Å²) in [6, 6.07) is 0. The highest BCUT2D eigenvalue weighted by atomic mass is 32.2. The smallest absolute Gasteiger partial charge is 0.271 e. The minimum Gasteiger partial charge on any atom is -0.285 e. The lowest BCUT2D eigenvalue weighted by Gasteiger charge is -1.90. The van der Waals surface area contributed by atoms with E-state index in [9.17, 15) is 8.42 Å². The van der Waals surface area contributed by atoms with Gasteiger partial charge >= 0.3 is 0 Å². The minimum absolute atomic E-state index is 0.104. The van der Waals surface area contributed by atoms with Gasteiger partial charge in [0.1, 0.15) is 12.1 Å². The van der Waals surface area contributed by atoms with E-state index in [0.717, 1.165) is 4.88 Å². The Bertz CT molecular complexity index is 617. The van der Waals surface area contributed by atoms with Crippen molar-refractivity contribution >= 4 is 21.7 Å². The SMILES string of the molecule is Cn1ncnc1-c1c[n+](CCS(=O)(=O)O)ns1. The topological polar surface area (TPSA) is 102 Å². The van der Waals surface area contributed by atoms with Crippen LogP contribution in [0.2, 0.25) is 0 Å². The van der Waals surface area contributed by atoms with Gasteiger partial charge in [0.2, 0.25) is 6.20 Å². The molecule has 17 heavy (non-hydrogen) atoms. The Morgan fingerprint density at radius 3 is 2.94 bits per heavy atom. The second-order valence-corrected chi connectivity index (χ2v) is 5.68. The van der Waals surface area contributed by atoms with Crippen molar-refractivity contribution in [1.29, 1.82) is 0 Å². The van der Waals surface area contributed by atoms with E-state index in [0.29, 0.717) is 5.82 Å². The Kier molecular flexibility index (Phi) is 3.17. The van der Waals surface area contributed by atoms with Crippen molar-refractivity contribution in [3.8, 4) is 10.7 Å². The van der Waals surface area contributed by atoms with Gasteiger partial charge in [0.15, 0.2) is 17.2 Å². The quantitative estimate of drug-likeness (QED) is 0.574. The van der Waals surface area contributed by atoms with E-state index in [1.165, 1.54) is 22.5 Å². The Balaban J connectivity index is 2.14. The van der Waals surface area contributed by atoms with Crippen LogP contribution in [0.1, 0.15) is 0 Å². The molecule has 0 unspecified atom stereocenters. The summed E-state index contributed by atoms with van der Waals surface area (Å²) in [6.07, 6.45) is 3.09. The fourth-order valence-electron chi connectivity index (χ4n) is 1.21. The van der Waals surface area contributed by atoms with Crippen LogP contribution >= 0.6 is 11.5 Å². The van der Waals surface area contributed by atoms with Crippen molar-refractivity contribution < 1.29 is 17.7 Å². The van der Waals surface area contributed by atoms with Crippen LogP contribution in [0.3, 0.4) is 0 Å². The number of aryl methyl sites for hydroxylation is 2. The van der Waals surface area contributed by atoms with Gasteiger partial charge in [0.05, 0.1) is 4.49 Å². The number of rotatable bonds is 4. The van der Waals surface area contributed by atoms with E-state index in [1.807, 2.05) is 0 Å². The van der Waals surface area contributed by atoms with Gasteiger partial charge in [-0.2, -0.15) is 13.5 Å². The molecule has 1 N–H and O–H groups in total. The van der Waals surface area contributed by atoms with Gasteiger partial charge in [-0.05, 0) is 0 Å². The van der Waals surface area contributed by atoms with Crippen molar-refractivity contribution in [2.45, 2.75) is 6.54 Å². The summed E-state index contributed by atoms with van der Waals surface area (Å²) in [6.45, 7) is 0.104. The summed E-state index contributed by atoms with van der Waals surface area (Å²) >= 11 is 1.19. The maximum atomic E-state index is 10.6. The van der Waals surface area contributed by atoms with E-state index in [2.05, 4.69) is 14.6 Å². The molecule has 2 heterocycles. The van der Waals surface area contributed by atoms with Gasteiger partial charge in [0, 0.05) is 18.6 Å². The predicted octanol–water partition coefficient (Wildman–Crippen LogP) is -0.886. The second-order valence-electron chi connectivity index (χ2n) is 3.32. The van der Waals surface area contributed by atoms with Crippen LogP contribution in [-0.4, -0.2) is 38.0 Å². The number of nitrogens with zero attached hydrogens (tertiary/aromatic N) is 5. The highest BCUT2D eigenvalue weighted by Crippen LogP contribution is 2.16. The Hall–Kier alpha value is -1.39. The third kappa shape index (κ3) is 3.05. The third-order valence-electron chi connectivity index (χ3n) is 2.02. The summed E-state index contributed by atoms with van der Waals surface area (Å²) in [7, 11) is -2.21. The van der Waals surface area contributed by atoms with Crippen LogP contribution < -0.4 is 4.68 Å². The van der Waals surface area contributed by atoms with E-state index in [-0.39, 0.29) is 12.3 Å². The van der Waals surface area contributed by atoms with Crippen molar-refractivity contribution in [1.82, 2.24) is 19.3 Å². The lowest BCUT2D eigenvalue weighted by molar-refractivity contribution is -0.742. The van der Waals surface area contributed by atoms with Crippen molar-refractivity contribution in [2.24, 2.45) is 7.05 Å². The molecular weight excluding hydrogens is 266 g/mol. The predicted molar refractivity (Wildman–Crippen MR) is 58.7 cm³/mol. The maximum absolute atomic E-state index is 10.6. The normalized spacial score (nSPS) is 11.9. The Labute approximate surface area is 101 Å². The molecule has 0 aromatic carbocycles. The highest BCUT2D eigenvalue weighted by molar-refractivity contribution is 7.85. The van der Waals surface area contributed by atoms with E-state index in [4.69, 9.17) is 4.55 Å². The zero-order chi connectivity index (χ0) is 12.5. The zero-order valence-corrected chi connectivity index (χ0v) is 10.5. The number of aromatic nitrogens is 5. The lowest BCUT2D eigenvalue weighted by Crippen LogP contribution is -2.37. The molecule has 8 nitrogen and oxygen atoms in total. The third-order valence-corrected chi connectivity index (χ3v) is 3.50. The fraction of sp³-hybridized carbons (Fsp3) is 0.429. The van der Waals surface area contributed by atoms with Crippen molar-refractivity contribution in [2.75, 3.05) is 5.75 Å². The van der Waals surface area contributed by atoms with E-state index in [1.54, 1.807) is 17.9 Å². The minimum atomic E-state index is -3.96. The molecule has 2 aromatic heterocycles. The fourth-order valence-corrected chi connectivity index (χ4v) is 2.39. The first-order chi connectivity index (χ1) is 7.96. The molecule has 0 aliphatic heterocycles. The van der Waals surface area contributed by atoms with Gasteiger partial charge in [-0.1, -0.05) is 4.68 Å². The number of hydrogen-bond donors (Lipinski definition) is 1. The van der Waals surface area contributed by atoms with Crippen molar-refractivity contribution in [3.63, 3.8) is 0 Å². The van der Waals surface area contributed by atoms with Crippen LogP contribution in [-0.2, 0) is 23.7 Å². The van der Waals surface area contributed by atoms with Crippen LogP contribution in [0, 0.1) is 0 Å². The van der Waals surface area contributed by atoms with E-state index < -0.39 is 10.1 Å². The lowest BCUT2D eigenvalue weighted by atomic mass is 10.5. The first-order valence-corrected chi connectivity index (χ1v) is 7.00. The molecule has 92 valence electrons. The van der Waals surface area contributed by atoms with Gasteiger partial charge in [-0.25, -0.2) is 9.67 Å². The van der Waals surface area contributed by atoms with E-state index >= 15 is 0 Å². The summed E-state index contributed by atoms with van der Waals surface area (Å²) < 4.78 is 36.9. The van der Waals surface area contributed by atoms with Gasteiger partial charge < -0.3 is 0 Å². The molecule has 0 amide bonds. The van der Waals surface area contributed by atoms with Crippen LogP contribution in [0.15, 0.2) is 12.5 Å². The zero-order valence-electron chi connectivity index (χ0n) is 8.89. The maximum Gasteiger partial charge on any atom is 0.271 e. The molecule has 0 saturated carbocycles. The molecule has 0 atom stereocenters. The Morgan fingerprint density at radius 1 is 1.59 bits per heavy atom. The van der Waals surface area contributed by atoms with Gasteiger partial charge in [-0.15, -0.1) is 0 Å². The molecule has 0 saturated heterocycles. The number of hydrogen-bond acceptors (Lipinski definition) is 6. The molecule has 0 radical (unpaired) electrons. The highest BCUT2D eigenvalue weighted by Gasteiger charge is 2.17. The molecule has 0 spiro atoms. The Morgan fingerprint density at radius 2 is 2.35 bits per heavy atom. The molecule has 0 aliphatic carbocycles.